The van der Waals surface area contributed by atoms with Crippen molar-refractivity contribution in [2.45, 2.75) is 59.3 Å². The van der Waals surface area contributed by atoms with Crippen molar-refractivity contribution in [2.75, 3.05) is 5.32 Å². The van der Waals surface area contributed by atoms with Gasteiger partial charge in [-0.3, -0.25) is 9.59 Å². The number of hydrogen-bond acceptors (Lipinski definition) is 3. The molecule has 0 aromatic heterocycles. The molecule has 0 aliphatic rings. The van der Waals surface area contributed by atoms with E-state index in [-0.39, 0.29) is 24.7 Å². The van der Waals surface area contributed by atoms with Crippen LogP contribution in [-0.4, -0.2) is 17.5 Å². The second-order valence-corrected chi connectivity index (χ2v) is 7.26. The van der Waals surface area contributed by atoms with Gasteiger partial charge in [-0.25, -0.2) is 5.43 Å². The molecule has 29 heavy (non-hydrogen) atoms. The summed E-state index contributed by atoms with van der Waals surface area (Å²) in [5.74, 6) is -0.442. The molecule has 2 aromatic rings. The predicted octanol–water partition coefficient (Wildman–Crippen LogP) is 5.12. The molecule has 2 amide bonds. The van der Waals surface area contributed by atoms with E-state index in [1.165, 1.54) is 5.56 Å². The molecule has 0 fully saturated rings. The molecule has 0 aliphatic carbocycles. The monoisotopic (exact) mass is 393 g/mol. The molecule has 0 bridgehead atoms. The molecule has 0 unspecified atom stereocenters. The lowest BCUT2D eigenvalue weighted by Crippen LogP contribution is -2.22. The summed E-state index contributed by atoms with van der Waals surface area (Å²) >= 11 is 0. The van der Waals surface area contributed by atoms with Gasteiger partial charge in [0, 0.05) is 18.5 Å². The summed E-state index contributed by atoms with van der Waals surface area (Å²) in [6.45, 7) is 6.18. The van der Waals surface area contributed by atoms with E-state index >= 15 is 0 Å². The van der Waals surface area contributed by atoms with E-state index in [9.17, 15) is 9.59 Å². The van der Waals surface area contributed by atoms with Gasteiger partial charge in [0.2, 0.25) is 11.8 Å². The SMILES string of the molecule is CCCCCC(=NNC(=O)CCC(=O)Nc1ccc(C)c(C)c1)c1ccccc1. The van der Waals surface area contributed by atoms with Crippen LogP contribution in [-0.2, 0) is 9.59 Å². The van der Waals surface area contributed by atoms with Gasteiger partial charge < -0.3 is 5.32 Å². The zero-order chi connectivity index (χ0) is 21.1. The summed E-state index contributed by atoms with van der Waals surface area (Å²) in [5.41, 5.74) is 7.53. The molecule has 0 atom stereocenters. The first kappa shape index (κ1) is 22.3. The maximum atomic E-state index is 12.2. The van der Waals surface area contributed by atoms with Crippen molar-refractivity contribution in [3.8, 4) is 0 Å². The highest BCUT2D eigenvalue weighted by atomic mass is 16.2. The third-order valence-electron chi connectivity index (χ3n) is 4.81. The maximum absolute atomic E-state index is 12.2. The summed E-state index contributed by atoms with van der Waals surface area (Å²) in [5, 5.41) is 7.17. The fourth-order valence-electron chi connectivity index (χ4n) is 2.89. The van der Waals surface area contributed by atoms with Crippen LogP contribution in [0.5, 0.6) is 0 Å². The zero-order valence-electron chi connectivity index (χ0n) is 17.6. The summed E-state index contributed by atoms with van der Waals surface area (Å²) in [6, 6.07) is 15.6. The Bertz CT molecular complexity index is 844. The van der Waals surface area contributed by atoms with Crippen molar-refractivity contribution >= 4 is 23.2 Å². The number of carbonyl (C=O) groups is 2. The Labute approximate surface area is 173 Å². The molecule has 2 N–H and O–H groups in total. The molecular weight excluding hydrogens is 362 g/mol. The average Bonchev–Trinajstić information content (AvgIpc) is 2.72. The van der Waals surface area contributed by atoms with Crippen LogP contribution < -0.4 is 10.7 Å². The first-order chi connectivity index (χ1) is 14.0. The minimum absolute atomic E-state index is 0.0945. The summed E-state index contributed by atoms with van der Waals surface area (Å²) in [6.07, 6.45) is 4.30. The Morgan fingerprint density at radius 3 is 2.28 bits per heavy atom. The van der Waals surface area contributed by atoms with Crippen LogP contribution in [0.1, 0.15) is 62.1 Å². The molecule has 0 radical (unpaired) electrons. The highest BCUT2D eigenvalue weighted by molar-refractivity contribution is 6.01. The van der Waals surface area contributed by atoms with E-state index < -0.39 is 0 Å². The lowest BCUT2D eigenvalue weighted by molar-refractivity contribution is -0.124. The zero-order valence-corrected chi connectivity index (χ0v) is 17.6. The van der Waals surface area contributed by atoms with Gasteiger partial charge in [0.1, 0.15) is 0 Å². The largest absolute Gasteiger partial charge is 0.326 e. The minimum atomic E-state index is -0.260. The van der Waals surface area contributed by atoms with Crippen LogP contribution in [0.15, 0.2) is 53.6 Å². The molecule has 0 spiro atoms. The third kappa shape index (κ3) is 7.90. The predicted molar refractivity (Wildman–Crippen MR) is 119 cm³/mol. The Kier molecular flexibility index (Phi) is 9.09. The standard InChI is InChI=1S/C24H31N3O2/c1-4-5-7-12-22(20-10-8-6-9-11-20)26-27-24(29)16-15-23(28)25-21-14-13-18(2)19(3)17-21/h6,8-11,13-14,17H,4-5,7,12,15-16H2,1-3H3,(H,25,28)(H,27,29). The summed E-state index contributed by atoms with van der Waals surface area (Å²) < 4.78 is 0. The maximum Gasteiger partial charge on any atom is 0.240 e. The van der Waals surface area contributed by atoms with Crippen molar-refractivity contribution in [1.82, 2.24) is 5.43 Å². The normalized spacial score (nSPS) is 11.2. The van der Waals surface area contributed by atoms with Crippen molar-refractivity contribution in [1.29, 1.82) is 0 Å². The van der Waals surface area contributed by atoms with Gasteiger partial charge in [0.25, 0.3) is 0 Å². The fraction of sp³-hybridized carbons (Fsp3) is 0.375. The number of anilines is 1. The summed E-state index contributed by atoms with van der Waals surface area (Å²) in [7, 11) is 0. The number of nitrogens with one attached hydrogen (secondary N) is 2. The number of amides is 2. The number of carbonyl (C=O) groups excluding carboxylic acids is 2. The first-order valence-corrected chi connectivity index (χ1v) is 10.3. The number of hydrogen-bond donors (Lipinski definition) is 2. The van der Waals surface area contributed by atoms with E-state index in [0.717, 1.165) is 48.2 Å². The van der Waals surface area contributed by atoms with Crippen LogP contribution >= 0.6 is 0 Å². The lowest BCUT2D eigenvalue weighted by Gasteiger charge is -2.09. The molecule has 0 saturated carbocycles. The Hall–Kier alpha value is -2.95. The minimum Gasteiger partial charge on any atom is -0.326 e. The molecular formula is C24H31N3O2. The molecule has 2 aromatic carbocycles. The van der Waals surface area contributed by atoms with Gasteiger partial charge in [-0.05, 0) is 55.5 Å². The van der Waals surface area contributed by atoms with Gasteiger partial charge in [-0.2, -0.15) is 5.10 Å². The number of nitrogens with zero attached hydrogens (tertiary/aromatic N) is 1. The Morgan fingerprint density at radius 1 is 0.862 bits per heavy atom. The molecule has 5 heteroatoms. The quantitative estimate of drug-likeness (QED) is 0.334. The molecule has 0 aliphatic heterocycles. The highest BCUT2D eigenvalue weighted by Gasteiger charge is 2.09. The Morgan fingerprint density at radius 2 is 1.59 bits per heavy atom. The van der Waals surface area contributed by atoms with Crippen LogP contribution in [0.2, 0.25) is 0 Å². The molecule has 154 valence electrons. The number of rotatable bonds is 10. The smallest absolute Gasteiger partial charge is 0.240 e. The first-order valence-electron chi connectivity index (χ1n) is 10.3. The highest BCUT2D eigenvalue weighted by Crippen LogP contribution is 2.14. The van der Waals surface area contributed by atoms with Crippen molar-refractivity contribution < 1.29 is 9.59 Å². The van der Waals surface area contributed by atoms with Crippen LogP contribution in [0.4, 0.5) is 5.69 Å². The van der Waals surface area contributed by atoms with E-state index in [1.54, 1.807) is 0 Å². The number of hydrazone groups is 1. The van der Waals surface area contributed by atoms with Crippen molar-refractivity contribution in [3.05, 3.63) is 65.2 Å². The van der Waals surface area contributed by atoms with Crippen molar-refractivity contribution in [2.24, 2.45) is 5.10 Å². The van der Waals surface area contributed by atoms with Gasteiger partial charge in [-0.1, -0.05) is 56.2 Å². The molecule has 2 rings (SSSR count). The van der Waals surface area contributed by atoms with E-state index in [4.69, 9.17) is 0 Å². The van der Waals surface area contributed by atoms with E-state index in [1.807, 2.05) is 62.4 Å². The third-order valence-corrected chi connectivity index (χ3v) is 4.81. The number of aryl methyl sites for hydroxylation is 2. The number of unbranched alkanes of at least 4 members (excludes halogenated alkanes) is 2. The van der Waals surface area contributed by atoms with E-state index in [0.29, 0.717) is 0 Å². The van der Waals surface area contributed by atoms with E-state index in [2.05, 4.69) is 22.8 Å². The molecule has 5 nitrogen and oxygen atoms in total. The van der Waals surface area contributed by atoms with Gasteiger partial charge in [-0.15, -0.1) is 0 Å². The second kappa shape index (κ2) is 11.8. The Balaban J connectivity index is 1.86. The summed E-state index contributed by atoms with van der Waals surface area (Å²) in [4.78, 5) is 24.3. The molecule has 0 saturated heterocycles. The lowest BCUT2D eigenvalue weighted by atomic mass is 10.0. The van der Waals surface area contributed by atoms with Gasteiger partial charge in [0.15, 0.2) is 0 Å². The fourth-order valence-corrected chi connectivity index (χ4v) is 2.89. The topological polar surface area (TPSA) is 70.6 Å². The van der Waals surface area contributed by atoms with Gasteiger partial charge >= 0.3 is 0 Å². The van der Waals surface area contributed by atoms with Crippen LogP contribution in [0.3, 0.4) is 0 Å². The number of benzene rings is 2. The molecule has 0 heterocycles. The van der Waals surface area contributed by atoms with Crippen molar-refractivity contribution in [3.63, 3.8) is 0 Å². The second-order valence-electron chi connectivity index (χ2n) is 7.26. The van der Waals surface area contributed by atoms with Crippen LogP contribution in [0, 0.1) is 13.8 Å². The van der Waals surface area contributed by atoms with Gasteiger partial charge in [0.05, 0.1) is 5.71 Å². The van der Waals surface area contributed by atoms with Crippen LogP contribution in [0.25, 0.3) is 0 Å². The average molecular weight is 394 g/mol.